The lowest BCUT2D eigenvalue weighted by molar-refractivity contribution is -0.123. The molecule has 156 valence electrons. The van der Waals surface area contributed by atoms with E-state index in [1.165, 1.54) is 5.56 Å². The molecular weight excluding hydrogens is 351 g/mol. The number of nitrogens with one attached hydrogen (secondary N) is 2. The third-order valence-electron chi connectivity index (χ3n) is 5.99. The zero-order valence-electron chi connectivity index (χ0n) is 18.4. The van der Waals surface area contributed by atoms with Gasteiger partial charge in [0.25, 0.3) is 0 Å². The molecule has 0 spiro atoms. The summed E-state index contributed by atoms with van der Waals surface area (Å²) in [7, 11) is 1.39. The van der Waals surface area contributed by atoms with Crippen LogP contribution in [0, 0.1) is 0 Å². The number of likely N-dealkylation sites (N-methyl/N-ethyl adjacent to an activating group) is 1. The third-order valence-corrected chi connectivity index (χ3v) is 5.99. The summed E-state index contributed by atoms with van der Waals surface area (Å²) in [6.07, 6.45) is 4.49. The Labute approximate surface area is 171 Å². The van der Waals surface area contributed by atoms with Gasteiger partial charge in [-0.3, -0.25) is 4.79 Å². The van der Waals surface area contributed by atoms with E-state index in [9.17, 15) is 4.79 Å². The molecule has 1 heterocycles. The monoisotopic (exact) mass is 388 g/mol. The first-order valence-corrected chi connectivity index (χ1v) is 10.6. The van der Waals surface area contributed by atoms with Crippen LogP contribution in [0.25, 0.3) is 0 Å². The van der Waals surface area contributed by atoms with Gasteiger partial charge in [-0.05, 0) is 66.0 Å². The first kappa shape index (κ1) is 22.9. The fourth-order valence-electron chi connectivity index (χ4n) is 3.48. The molecule has 2 N–H and O–H groups in total. The van der Waals surface area contributed by atoms with E-state index in [1.807, 2.05) is 40.8 Å². The maximum atomic E-state index is 12.8. The van der Waals surface area contributed by atoms with E-state index in [2.05, 4.69) is 41.8 Å². The lowest BCUT2D eigenvalue weighted by Gasteiger charge is -2.32. The smallest absolute Gasteiger partial charge is 0.402 e. The van der Waals surface area contributed by atoms with Crippen LogP contribution in [0.15, 0.2) is 30.3 Å². The van der Waals surface area contributed by atoms with Crippen LogP contribution in [0.1, 0.15) is 65.9 Å². The normalized spacial score (nSPS) is 20.0. The Morgan fingerprint density at radius 1 is 1.07 bits per heavy atom. The molecule has 0 bridgehead atoms. The molecule has 1 aromatic carbocycles. The predicted octanol–water partition coefficient (Wildman–Crippen LogP) is 3.51. The fourth-order valence-corrected chi connectivity index (χ4v) is 3.48. The molecule has 1 aliphatic heterocycles. The van der Waals surface area contributed by atoms with Gasteiger partial charge in [-0.1, -0.05) is 43.7 Å². The van der Waals surface area contributed by atoms with Crippen LogP contribution in [0.4, 0.5) is 0 Å². The predicted molar refractivity (Wildman–Crippen MR) is 115 cm³/mol. The molecule has 1 fully saturated rings. The molecular formula is C22H37BN2O3. The molecule has 28 heavy (non-hydrogen) atoms. The highest BCUT2D eigenvalue weighted by Crippen LogP contribution is 2.38. The number of carbonyl (C=O) groups excluding carboxylic acids is 1. The minimum Gasteiger partial charge on any atom is -0.402 e. The minimum absolute atomic E-state index is 0.0174. The number of rotatable bonds is 10. The maximum absolute atomic E-state index is 12.8. The van der Waals surface area contributed by atoms with Crippen molar-refractivity contribution in [1.82, 2.24) is 10.6 Å². The van der Waals surface area contributed by atoms with Crippen LogP contribution in [0.3, 0.4) is 0 Å². The highest BCUT2D eigenvalue weighted by molar-refractivity contribution is 6.48. The van der Waals surface area contributed by atoms with Crippen LogP contribution >= 0.6 is 0 Å². The zero-order valence-corrected chi connectivity index (χ0v) is 18.4. The van der Waals surface area contributed by atoms with E-state index in [-0.39, 0.29) is 17.9 Å². The van der Waals surface area contributed by atoms with Gasteiger partial charge in [-0.15, -0.1) is 0 Å². The molecule has 0 saturated carbocycles. The molecule has 2 rings (SSSR count). The van der Waals surface area contributed by atoms with Gasteiger partial charge in [-0.2, -0.15) is 0 Å². The third kappa shape index (κ3) is 5.82. The van der Waals surface area contributed by atoms with Gasteiger partial charge in [0, 0.05) is 0 Å². The Kier molecular flexibility index (Phi) is 8.11. The molecule has 0 aliphatic carbocycles. The summed E-state index contributed by atoms with van der Waals surface area (Å²) < 4.78 is 12.5. The average molecular weight is 388 g/mol. The molecule has 0 radical (unpaired) electrons. The number of aryl methyl sites for hydroxylation is 1. The standard InChI is InChI=1S/C22H37BN2O3/c1-7-12-18(24-6)20(26)25-19(16-11-15-17-13-9-8-10-14-17)23-27-21(2,3)22(4,5)28-23/h8-10,13-14,18-19,24H,7,11-12,15-16H2,1-6H3,(H,25,26). The van der Waals surface area contributed by atoms with Crippen molar-refractivity contribution in [3.05, 3.63) is 35.9 Å². The van der Waals surface area contributed by atoms with Crippen molar-refractivity contribution >= 4 is 13.0 Å². The van der Waals surface area contributed by atoms with Crippen molar-refractivity contribution in [1.29, 1.82) is 0 Å². The first-order chi connectivity index (χ1) is 13.2. The number of hydrogen-bond donors (Lipinski definition) is 2. The number of hydrogen-bond acceptors (Lipinski definition) is 4. The quantitative estimate of drug-likeness (QED) is 0.603. The van der Waals surface area contributed by atoms with E-state index < -0.39 is 18.3 Å². The molecule has 1 aromatic rings. The molecule has 1 amide bonds. The van der Waals surface area contributed by atoms with Gasteiger partial charge in [-0.25, -0.2) is 0 Å². The van der Waals surface area contributed by atoms with E-state index >= 15 is 0 Å². The second kappa shape index (κ2) is 9.90. The molecule has 0 aromatic heterocycles. The van der Waals surface area contributed by atoms with E-state index in [0.717, 1.165) is 32.1 Å². The lowest BCUT2D eigenvalue weighted by Crippen LogP contribution is -2.53. The van der Waals surface area contributed by atoms with Crippen molar-refractivity contribution in [2.24, 2.45) is 0 Å². The maximum Gasteiger partial charge on any atom is 0.481 e. The van der Waals surface area contributed by atoms with Crippen molar-refractivity contribution in [2.45, 2.75) is 89.9 Å². The van der Waals surface area contributed by atoms with Gasteiger partial charge in [0.1, 0.15) is 0 Å². The van der Waals surface area contributed by atoms with Gasteiger partial charge >= 0.3 is 7.12 Å². The fraction of sp³-hybridized carbons (Fsp3) is 0.682. The second-order valence-corrected chi connectivity index (χ2v) is 8.75. The number of benzene rings is 1. The molecule has 1 saturated heterocycles. The van der Waals surface area contributed by atoms with Crippen LogP contribution in [0.5, 0.6) is 0 Å². The lowest BCUT2D eigenvalue weighted by atomic mass is 9.75. The van der Waals surface area contributed by atoms with Crippen LogP contribution in [-0.4, -0.2) is 43.3 Å². The van der Waals surface area contributed by atoms with Crippen molar-refractivity contribution in [3.63, 3.8) is 0 Å². The molecule has 5 nitrogen and oxygen atoms in total. The first-order valence-electron chi connectivity index (χ1n) is 10.6. The highest BCUT2D eigenvalue weighted by Gasteiger charge is 2.54. The van der Waals surface area contributed by atoms with E-state index in [1.54, 1.807) is 0 Å². The van der Waals surface area contributed by atoms with Gasteiger partial charge < -0.3 is 19.9 Å². The average Bonchev–Trinajstić information content (AvgIpc) is 2.87. The summed E-state index contributed by atoms with van der Waals surface area (Å²) in [4.78, 5) is 12.8. The number of carbonyl (C=O) groups is 1. The van der Waals surface area contributed by atoms with Crippen LogP contribution in [-0.2, 0) is 20.5 Å². The molecule has 1 aliphatic rings. The zero-order chi connectivity index (χ0) is 20.8. The summed E-state index contributed by atoms with van der Waals surface area (Å²) >= 11 is 0. The Balaban J connectivity index is 2.06. The van der Waals surface area contributed by atoms with Crippen molar-refractivity contribution in [2.75, 3.05) is 7.05 Å². The molecule has 2 atom stereocenters. The highest BCUT2D eigenvalue weighted by atomic mass is 16.7. The van der Waals surface area contributed by atoms with Crippen LogP contribution < -0.4 is 10.6 Å². The summed E-state index contributed by atoms with van der Waals surface area (Å²) in [5, 5.41) is 6.32. The Morgan fingerprint density at radius 3 is 2.21 bits per heavy atom. The van der Waals surface area contributed by atoms with Gasteiger partial charge in [0.2, 0.25) is 5.91 Å². The largest absolute Gasteiger partial charge is 0.481 e. The van der Waals surface area contributed by atoms with E-state index in [4.69, 9.17) is 9.31 Å². The molecule has 6 heteroatoms. The van der Waals surface area contributed by atoms with Gasteiger partial charge in [0.15, 0.2) is 0 Å². The Morgan fingerprint density at radius 2 is 1.68 bits per heavy atom. The number of amides is 1. The molecule has 2 unspecified atom stereocenters. The summed E-state index contributed by atoms with van der Waals surface area (Å²) in [6, 6.07) is 10.2. The minimum atomic E-state index is -0.441. The SMILES string of the molecule is CCCC(NC)C(=O)NC(CCCc1ccccc1)B1OC(C)(C)C(C)(C)O1. The second-order valence-electron chi connectivity index (χ2n) is 8.75. The Hall–Kier alpha value is -1.37. The summed E-state index contributed by atoms with van der Waals surface area (Å²) in [6.45, 7) is 10.3. The van der Waals surface area contributed by atoms with Crippen molar-refractivity contribution in [3.8, 4) is 0 Å². The Bertz CT molecular complexity index is 605. The van der Waals surface area contributed by atoms with Crippen molar-refractivity contribution < 1.29 is 14.1 Å². The van der Waals surface area contributed by atoms with E-state index in [0.29, 0.717) is 0 Å². The van der Waals surface area contributed by atoms with Crippen LogP contribution in [0.2, 0.25) is 0 Å². The summed E-state index contributed by atoms with van der Waals surface area (Å²) in [5.74, 6) is -0.159. The topological polar surface area (TPSA) is 59.6 Å². The van der Waals surface area contributed by atoms with Gasteiger partial charge in [0.05, 0.1) is 23.2 Å². The summed E-state index contributed by atoms with van der Waals surface area (Å²) in [5.41, 5.74) is 0.484.